The van der Waals surface area contributed by atoms with Gasteiger partial charge < -0.3 is 9.84 Å². The summed E-state index contributed by atoms with van der Waals surface area (Å²) in [4.78, 5) is 24.1. The summed E-state index contributed by atoms with van der Waals surface area (Å²) in [6.45, 7) is 6.56. The van der Waals surface area contributed by atoms with Gasteiger partial charge in [0.05, 0.1) is 11.3 Å². The summed E-state index contributed by atoms with van der Waals surface area (Å²) in [6.07, 6.45) is 3.20. The number of aromatic carboxylic acids is 1. The average molecular weight is 350 g/mol. The molecule has 1 aliphatic rings. The van der Waals surface area contributed by atoms with E-state index in [9.17, 15) is 14.7 Å². The zero-order chi connectivity index (χ0) is 17.7. The molecule has 0 heterocycles. The second kappa shape index (κ2) is 8.56. The molecule has 0 radical (unpaired) electrons. The van der Waals surface area contributed by atoms with Crippen molar-refractivity contribution >= 4 is 23.7 Å². The van der Waals surface area contributed by atoms with Crippen molar-refractivity contribution in [2.45, 2.75) is 51.0 Å². The summed E-state index contributed by atoms with van der Waals surface area (Å²) in [5.41, 5.74) is 0.224. The maximum atomic E-state index is 12.3. The van der Waals surface area contributed by atoms with Crippen molar-refractivity contribution in [2.24, 2.45) is 17.8 Å². The van der Waals surface area contributed by atoms with E-state index in [2.05, 4.69) is 20.8 Å². The number of hydrogen-bond acceptors (Lipinski definition) is 4. The van der Waals surface area contributed by atoms with Crippen LogP contribution in [-0.4, -0.2) is 28.9 Å². The minimum absolute atomic E-state index is 0.0171. The number of thioether (sulfide) groups is 1. The lowest BCUT2D eigenvalue weighted by Crippen LogP contribution is -2.36. The number of carbonyl (C=O) groups excluding carboxylic acids is 1. The van der Waals surface area contributed by atoms with Crippen molar-refractivity contribution in [1.82, 2.24) is 0 Å². The molecular formula is C19H26O4S. The maximum Gasteiger partial charge on any atom is 0.336 e. The van der Waals surface area contributed by atoms with Crippen LogP contribution in [0.25, 0.3) is 0 Å². The molecule has 1 aromatic carbocycles. The molecule has 1 aromatic rings. The first-order chi connectivity index (χ1) is 11.4. The van der Waals surface area contributed by atoms with Crippen molar-refractivity contribution < 1.29 is 19.4 Å². The number of ether oxygens (including phenoxy) is 1. The molecule has 1 aliphatic carbocycles. The van der Waals surface area contributed by atoms with Crippen LogP contribution in [0.15, 0.2) is 29.2 Å². The second-order valence-electron chi connectivity index (χ2n) is 6.94. The molecule has 0 aliphatic heterocycles. The third-order valence-electron chi connectivity index (χ3n) is 4.71. The first-order valence-corrected chi connectivity index (χ1v) is 9.51. The van der Waals surface area contributed by atoms with Crippen molar-refractivity contribution in [3.63, 3.8) is 0 Å². The zero-order valence-electron chi connectivity index (χ0n) is 14.5. The van der Waals surface area contributed by atoms with E-state index in [4.69, 9.17) is 4.74 Å². The standard InChI is InChI=1S/C19H26O4S/c1-12(2)14-9-8-13(3)10-16(14)23-18(20)11-24-17-7-5-4-6-15(17)19(21)22/h4-7,12-14,16H,8-11H2,1-3H3,(H,21,22)/t13-,14-,16+/m1/s1. The molecule has 0 bridgehead atoms. The van der Waals surface area contributed by atoms with E-state index in [1.165, 1.54) is 18.2 Å². The van der Waals surface area contributed by atoms with E-state index in [1.807, 2.05) is 0 Å². The predicted octanol–water partition coefficient (Wildman–Crippen LogP) is 4.48. The van der Waals surface area contributed by atoms with Gasteiger partial charge in [-0.1, -0.05) is 39.3 Å². The Morgan fingerprint density at radius 2 is 2.00 bits per heavy atom. The smallest absolute Gasteiger partial charge is 0.336 e. The highest BCUT2D eigenvalue weighted by Gasteiger charge is 2.33. The molecule has 2 rings (SSSR count). The fourth-order valence-corrected chi connectivity index (χ4v) is 4.19. The van der Waals surface area contributed by atoms with Gasteiger partial charge in [0.2, 0.25) is 0 Å². The van der Waals surface area contributed by atoms with Crippen LogP contribution in [-0.2, 0) is 9.53 Å². The molecule has 132 valence electrons. The Labute approximate surface area is 148 Å². The Kier molecular flexibility index (Phi) is 6.72. The van der Waals surface area contributed by atoms with Crippen LogP contribution >= 0.6 is 11.8 Å². The highest BCUT2D eigenvalue weighted by molar-refractivity contribution is 8.00. The van der Waals surface area contributed by atoms with Crippen LogP contribution in [0.1, 0.15) is 50.4 Å². The van der Waals surface area contributed by atoms with Crippen LogP contribution in [0.2, 0.25) is 0 Å². The minimum atomic E-state index is -0.979. The third kappa shape index (κ3) is 5.00. The van der Waals surface area contributed by atoms with E-state index in [-0.39, 0.29) is 23.4 Å². The van der Waals surface area contributed by atoms with Crippen LogP contribution in [0.3, 0.4) is 0 Å². The summed E-state index contributed by atoms with van der Waals surface area (Å²) >= 11 is 1.23. The summed E-state index contributed by atoms with van der Waals surface area (Å²) in [5.74, 6) is 0.396. The lowest BCUT2D eigenvalue weighted by Gasteiger charge is -2.36. The van der Waals surface area contributed by atoms with E-state index in [0.29, 0.717) is 22.6 Å². The van der Waals surface area contributed by atoms with E-state index in [1.54, 1.807) is 24.3 Å². The fourth-order valence-electron chi connectivity index (χ4n) is 3.36. The Bertz CT molecular complexity index is 584. The summed E-state index contributed by atoms with van der Waals surface area (Å²) in [6, 6.07) is 6.73. The Morgan fingerprint density at radius 3 is 2.67 bits per heavy atom. The number of carboxylic acid groups (broad SMARTS) is 1. The fraction of sp³-hybridized carbons (Fsp3) is 0.579. The minimum Gasteiger partial charge on any atom is -0.478 e. The average Bonchev–Trinajstić information content (AvgIpc) is 2.53. The normalized spacial score (nSPS) is 23.9. The molecule has 0 spiro atoms. The van der Waals surface area contributed by atoms with Crippen molar-refractivity contribution in [2.75, 3.05) is 5.75 Å². The predicted molar refractivity (Wildman–Crippen MR) is 95.3 cm³/mol. The van der Waals surface area contributed by atoms with Gasteiger partial charge in [-0.2, -0.15) is 0 Å². The Balaban J connectivity index is 1.94. The number of carbonyl (C=O) groups is 2. The van der Waals surface area contributed by atoms with E-state index in [0.717, 1.165) is 12.8 Å². The number of rotatable bonds is 6. The highest BCUT2D eigenvalue weighted by atomic mass is 32.2. The Hall–Kier alpha value is -1.49. The van der Waals surface area contributed by atoms with E-state index < -0.39 is 5.97 Å². The number of hydrogen-bond donors (Lipinski definition) is 1. The van der Waals surface area contributed by atoms with E-state index >= 15 is 0 Å². The monoisotopic (exact) mass is 350 g/mol. The van der Waals surface area contributed by atoms with Crippen molar-refractivity contribution in [1.29, 1.82) is 0 Å². The van der Waals surface area contributed by atoms with Crippen molar-refractivity contribution in [3.8, 4) is 0 Å². The molecule has 24 heavy (non-hydrogen) atoms. The molecule has 5 heteroatoms. The first kappa shape index (κ1) is 18.8. The van der Waals surface area contributed by atoms with Gasteiger partial charge in [0.1, 0.15) is 6.10 Å². The maximum absolute atomic E-state index is 12.3. The topological polar surface area (TPSA) is 63.6 Å². The van der Waals surface area contributed by atoms with Gasteiger partial charge in [0, 0.05) is 4.90 Å². The van der Waals surface area contributed by atoms with Gasteiger partial charge in [-0.3, -0.25) is 4.79 Å². The summed E-state index contributed by atoms with van der Waals surface area (Å²) in [5, 5.41) is 9.19. The highest BCUT2D eigenvalue weighted by Crippen LogP contribution is 2.35. The number of carboxylic acids is 1. The second-order valence-corrected chi connectivity index (χ2v) is 7.96. The van der Waals surface area contributed by atoms with Crippen LogP contribution in [0.4, 0.5) is 0 Å². The molecule has 3 atom stereocenters. The van der Waals surface area contributed by atoms with Crippen LogP contribution in [0.5, 0.6) is 0 Å². The van der Waals surface area contributed by atoms with Gasteiger partial charge in [-0.05, 0) is 42.7 Å². The lowest BCUT2D eigenvalue weighted by atomic mass is 9.75. The Morgan fingerprint density at radius 1 is 1.29 bits per heavy atom. The molecule has 0 aromatic heterocycles. The first-order valence-electron chi connectivity index (χ1n) is 8.53. The third-order valence-corrected chi connectivity index (χ3v) is 5.75. The molecule has 0 saturated heterocycles. The van der Waals surface area contributed by atoms with Gasteiger partial charge in [-0.25, -0.2) is 4.79 Å². The SMILES string of the molecule is CC(C)[C@H]1CC[C@@H](C)C[C@@H]1OC(=O)CSc1ccccc1C(=O)O. The summed E-state index contributed by atoms with van der Waals surface area (Å²) in [7, 11) is 0. The lowest BCUT2D eigenvalue weighted by molar-refractivity contribution is -0.152. The van der Waals surface area contributed by atoms with Crippen LogP contribution in [0, 0.1) is 17.8 Å². The molecule has 4 nitrogen and oxygen atoms in total. The molecule has 1 N–H and O–H groups in total. The largest absolute Gasteiger partial charge is 0.478 e. The molecule has 0 amide bonds. The molecule has 1 fully saturated rings. The van der Waals surface area contributed by atoms with Gasteiger partial charge in [-0.15, -0.1) is 11.8 Å². The van der Waals surface area contributed by atoms with Crippen molar-refractivity contribution in [3.05, 3.63) is 29.8 Å². The summed E-state index contributed by atoms with van der Waals surface area (Å²) < 4.78 is 5.75. The number of benzene rings is 1. The van der Waals surface area contributed by atoms with Gasteiger partial charge in [0.15, 0.2) is 0 Å². The number of esters is 1. The van der Waals surface area contributed by atoms with Crippen LogP contribution < -0.4 is 0 Å². The molecule has 1 saturated carbocycles. The molecular weight excluding hydrogens is 324 g/mol. The zero-order valence-corrected chi connectivity index (χ0v) is 15.3. The van der Waals surface area contributed by atoms with Gasteiger partial charge >= 0.3 is 11.9 Å². The quantitative estimate of drug-likeness (QED) is 0.605. The molecule has 0 unspecified atom stereocenters. The van der Waals surface area contributed by atoms with Gasteiger partial charge in [0.25, 0.3) is 0 Å².